The van der Waals surface area contributed by atoms with Gasteiger partial charge in [-0.1, -0.05) is 6.92 Å². The summed E-state index contributed by atoms with van der Waals surface area (Å²) in [5, 5.41) is 11.3. The van der Waals surface area contributed by atoms with Gasteiger partial charge in [-0.3, -0.25) is 4.68 Å². The summed E-state index contributed by atoms with van der Waals surface area (Å²) >= 11 is 0. The molecule has 0 aromatic carbocycles. The second-order valence-corrected chi connectivity index (χ2v) is 4.86. The van der Waals surface area contributed by atoms with Crippen molar-refractivity contribution >= 4 is 5.82 Å². The SMILES string of the molecule is CCC1(CNc2ccn(C)n2)CCCNC1. The summed E-state index contributed by atoms with van der Waals surface area (Å²) in [6, 6.07) is 2.03. The Bertz CT molecular complexity index is 326. The second kappa shape index (κ2) is 4.87. The van der Waals surface area contributed by atoms with Gasteiger partial charge >= 0.3 is 0 Å². The molecule has 0 bridgehead atoms. The molecule has 1 aliphatic heterocycles. The van der Waals surface area contributed by atoms with Gasteiger partial charge in [-0.25, -0.2) is 0 Å². The topological polar surface area (TPSA) is 41.9 Å². The van der Waals surface area contributed by atoms with E-state index in [0.29, 0.717) is 5.41 Å². The van der Waals surface area contributed by atoms with Gasteiger partial charge in [0.2, 0.25) is 0 Å². The van der Waals surface area contributed by atoms with Crippen LogP contribution in [0.15, 0.2) is 12.3 Å². The van der Waals surface area contributed by atoms with Crippen LogP contribution in [0.25, 0.3) is 0 Å². The highest BCUT2D eigenvalue weighted by Gasteiger charge is 2.29. The van der Waals surface area contributed by atoms with Crippen molar-refractivity contribution in [2.75, 3.05) is 25.0 Å². The van der Waals surface area contributed by atoms with Crippen molar-refractivity contribution in [3.8, 4) is 0 Å². The van der Waals surface area contributed by atoms with Crippen molar-refractivity contribution in [1.29, 1.82) is 0 Å². The average Bonchev–Trinajstić information content (AvgIpc) is 2.74. The van der Waals surface area contributed by atoms with E-state index in [1.54, 1.807) is 0 Å². The highest BCUT2D eigenvalue weighted by Crippen LogP contribution is 2.30. The first-order valence-electron chi connectivity index (χ1n) is 6.18. The maximum atomic E-state index is 4.35. The van der Waals surface area contributed by atoms with Gasteiger partial charge in [0.25, 0.3) is 0 Å². The molecule has 4 heteroatoms. The van der Waals surface area contributed by atoms with Crippen molar-refractivity contribution in [1.82, 2.24) is 15.1 Å². The number of hydrogen-bond donors (Lipinski definition) is 2. The maximum absolute atomic E-state index is 4.35. The van der Waals surface area contributed by atoms with Crippen LogP contribution in [0.5, 0.6) is 0 Å². The summed E-state index contributed by atoms with van der Waals surface area (Å²) < 4.78 is 1.83. The summed E-state index contributed by atoms with van der Waals surface area (Å²) in [5.41, 5.74) is 0.412. The number of aromatic nitrogens is 2. The molecule has 2 N–H and O–H groups in total. The van der Waals surface area contributed by atoms with Crippen LogP contribution >= 0.6 is 0 Å². The molecule has 4 nitrogen and oxygen atoms in total. The van der Waals surface area contributed by atoms with E-state index in [1.807, 2.05) is 24.0 Å². The van der Waals surface area contributed by atoms with Gasteiger partial charge in [-0.05, 0) is 31.2 Å². The zero-order chi connectivity index (χ0) is 11.4. The normalized spacial score (nSPS) is 25.6. The van der Waals surface area contributed by atoms with E-state index < -0.39 is 0 Å². The molecule has 90 valence electrons. The number of hydrogen-bond acceptors (Lipinski definition) is 3. The molecular weight excluding hydrogens is 200 g/mol. The predicted octanol–water partition coefficient (Wildman–Crippen LogP) is 1.61. The third-order valence-corrected chi connectivity index (χ3v) is 3.67. The Morgan fingerprint density at radius 2 is 2.50 bits per heavy atom. The van der Waals surface area contributed by atoms with Gasteiger partial charge in [0.15, 0.2) is 0 Å². The van der Waals surface area contributed by atoms with Gasteiger partial charge in [-0.15, -0.1) is 0 Å². The number of anilines is 1. The Morgan fingerprint density at radius 3 is 3.06 bits per heavy atom. The lowest BCUT2D eigenvalue weighted by atomic mass is 9.78. The first-order chi connectivity index (χ1) is 7.74. The molecule has 0 spiro atoms. The smallest absolute Gasteiger partial charge is 0.147 e. The number of piperidine rings is 1. The van der Waals surface area contributed by atoms with Crippen LogP contribution in [-0.2, 0) is 7.05 Å². The fraction of sp³-hybridized carbons (Fsp3) is 0.750. The lowest BCUT2D eigenvalue weighted by Crippen LogP contribution is -2.44. The van der Waals surface area contributed by atoms with E-state index in [1.165, 1.54) is 25.8 Å². The van der Waals surface area contributed by atoms with Gasteiger partial charge in [0.05, 0.1) is 0 Å². The summed E-state index contributed by atoms with van der Waals surface area (Å²) in [6.45, 7) is 5.61. The first-order valence-corrected chi connectivity index (χ1v) is 6.18. The molecule has 0 saturated carbocycles. The van der Waals surface area contributed by atoms with E-state index in [4.69, 9.17) is 0 Å². The summed E-state index contributed by atoms with van der Waals surface area (Å²) in [6.07, 6.45) is 5.80. The second-order valence-electron chi connectivity index (χ2n) is 4.86. The van der Waals surface area contributed by atoms with Gasteiger partial charge in [-0.2, -0.15) is 5.10 Å². The van der Waals surface area contributed by atoms with E-state index >= 15 is 0 Å². The zero-order valence-electron chi connectivity index (χ0n) is 10.3. The van der Waals surface area contributed by atoms with E-state index in [0.717, 1.165) is 18.9 Å². The molecule has 0 radical (unpaired) electrons. The summed E-state index contributed by atoms with van der Waals surface area (Å²) in [5.74, 6) is 0.987. The Balaban J connectivity index is 1.91. The van der Waals surface area contributed by atoms with E-state index in [2.05, 4.69) is 22.7 Å². The molecule has 0 aliphatic carbocycles. The van der Waals surface area contributed by atoms with Crippen molar-refractivity contribution in [3.63, 3.8) is 0 Å². The molecule has 2 heterocycles. The quantitative estimate of drug-likeness (QED) is 0.813. The highest BCUT2D eigenvalue weighted by molar-refractivity contribution is 5.32. The Kier molecular flexibility index (Phi) is 3.49. The molecule has 2 rings (SSSR count). The monoisotopic (exact) mass is 222 g/mol. The average molecular weight is 222 g/mol. The Labute approximate surface area is 97.4 Å². The zero-order valence-corrected chi connectivity index (χ0v) is 10.3. The van der Waals surface area contributed by atoms with Crippen molar-refractivity contribution in [2.24, 2.45) is 12.5 Å². The standard InChI is InChI=1S/C12H22N4/c1-3-12(6-4-7-13-9-12)10-14-11-5-8-16(2)15-11/h5,8,13H,3-4,6-7,9-10H2,1-2H3,(H,14,15). The van der Waals surface area contributed by atoms with Crippen molar-refractivity contribution < 1.29 is 0 Å². The Hall–Kier alpha value is -1.03. The fourth-order valence-corrected chi connectivity index (χ4v) is 2.40. The van der Waals surface area contributed by atoms with Crippen LogP contribution in [0.3, 0.4) is 0 Å². The van der Waals surface area contributed by atoms with Crippen LogP contribution in [0.4, 0.5) is 5.82 Å². The number of rotatable bonds is 4. The van der Waals surface area contributed by atoms with Crippen LogP contribution in [0.2, 0.25) is 0 Å². The minimum atomic E-state index is 0.412. The van der Waals surface area contributed by atoms with Crippen molar-refractivity contribution in [2.45, 2.75) is 26.2 Å². The number of aryl methyl sites for hydroxylation is 1. The third-order valence-electron chi connectivity index (χ3n) is 3.67. The minimum Gasteiger partial charge on any atom is -0.368 e. The lowest BCUT2D eigenvalue weighted by Gasteiger charge is -2.37. The first kappa shape index (κ1) is 11.5. The molecule has 1 saturated heterocycles. The van der Waals surface area contributed by atoms with Crippen LogP contribution in [0.1, 0.15) is 26.2 Å². The maximum Gasteiger partial charge on any atom is 0.147 e. The Morgan fingerprint density at radius 1 is 1.62 bits per heavy atom. The van der Waals surface area contributed by atoms with E-state index in [-0.39, 0.29) is 0 Å². The molecule has 1 fully saturated rings. The lowest BCUT2D eigenvalue weighted by molar-refractivity contribution is 0.216. The largest absolute Gasteiger partial charge is 0.368 e. The molecule has 1 aromatic rings. The fourth-order valence-electron chi connectivity index (χ4n) is 2.40. The highest BCUT2D eigenvalue weighted by atomic mass is 15.3. The summed E-state index contributed by atoms with van der Waals surface area (Å²) in [7, 11) is 1.95. The predicted molar refractivity (Wildman–Crippen MR) is 66.5 cm³/mol. The van der Waals surface area contributed by atoms with Crippen molar-refractivity contribution in [3.05, 3.63) is 12.3 Å². The molecular formula is C12H22N4. The third kappa shape index (κ3) is 2.55. The van der Waals surface area contributed by atoms with Gasteiger partial charge in [0.1, 0.15) is 5.82 Å². The van der Waals surface area contributed by atoms with Crippen LogP contribution in [-0.4, -0.2) is 29.4 Å². The number of nitrogens with one attached hydrogen (secondary N) is 2. The van der Waals surface area contributed by atoms with Crippen LogP contribution in [0, 0.1) is 5.41 Å². The molecule has 16 heavy (non-hydrogen) atoms. The van der Waals surface area contributed by atoms with Crippen LogP contribution < -0.4 is 10.6 Å². The van der Waals surface area contributed by atoms with Gasteiger partial charge in [0, 0.05) is 32.4 Å². The minimum absolute atomic E-state index is 0.412. The molecule has 1 unspecified atom stereocenters. The van der Waals surface area contributed by atoms with Gasteiger partial charge < -0.3 is 10.6 Å². The van der Waals surface area contributed by atoms with E-state index in [9.17, 15) is 0 Å². The molecule has 1 atom stereocenters. The molecule has 1 aromatic heterocycles. The number of nitrogens with zero attached hydrogens (tertiary/aromatic N) is 2. The summed E-state index contributed by atoms with van der Waals surface area (Å²) in [4.78, 5) is 0. The molecule has 0 amide bonds. The molecule has 1 aliphatic rings.